The van der Waals surface area contributed by atoms with E-state index in [1.807, 2.05) is 6.08 Å². The van der Waals surface area contributed by atoms with Crippen LogP contribution in [0.3, 0.4) is 0 Å². The molecule has 0 aromatic rings. The van der Waals surface area contributed by atoms with Gasteiger partial charge in [0, 0.05) is 12.5 Å². The van der Waals surface area contributed by atoms with Gasteiger partial charge in [0.15, 0.2) is 0 Å². The average Bonchev–Trinajstić information content (AvgIpc) is 2.61. The Kier molecular flexibility index (Phi) is 14.5. The Morgan fingerprint density at radius 1 is 0.960 bits per heavy atom. The van der Waals surface area contributed by atoms with E-state index in [4.69, 9.17) is 4.74 Å². The molecule has 0 rings (SSSR count). The van der Waals surface area contributed by atoms with Crippen LogP contribution in [0.4, 0.5) is 0 Å². The van der Waals surface area contributed by atoms with Crippen molar-refractivity contribution >= 4 is 5.97 Å². The number of quaternary nitrogens is 1. The van der Waals surface area contributed by atoms with Gasteiger partial charge in [0.1, 0.15) is 0 Å². The van der Waals surface area contributed by atoms with E-state index in [-0.39, 0.29) is 12.2 Å². The lowest BCUT2D eigenvalue weighted by atomic mass is 10.1. The third-order valence-electron chi connectivity index (χ3n) is 5.03. The van der Waals surface area contributed by atoms with Crippen LogP contribution in [0.5, 0.6) is 0 Å². The van der Waals surface area contributed by atoms with Crippen LogP contribution in [0.15, 0.2) is 25.3 Å². The predicted molar refractivity (Wildman–Crippen MR) is 108 cm³/mol. The number of rotatable bonds is 17. The second-order valence-corrected chi connectivity index (χ2v) is 7.36. The average molecular weight is 353 g/mol. The van der Waals surface area contributed by atoms with Gasteiger partial charge in [-0.3, -0.25) is 4.48 Å². The molecule has 0 saturated carbocycles. The fraction of sp³-hybridized carbons (Fsp3) is 0.773. The van der Waals surface area contributed by atoms with Gasteiger partial charge >= 0.3 is 5.97 Å². The smallest absolute Gasteiger partial charge is 0.334 e. The first kappa shape index (κ1) is 23.9. The molecule has 0 aromatic heterocycles. The first-order chi connectivity index (χ1) is 12.0. The minimum atomic E-state index is -0.330. The summed E-state index contributed by atoms with van der Waals surface area (Å²) in [5, 5.41) is 0. The first-order valence-electron chi connectivity index (χ1n) is 10.3. The Bertz CT molecular complexity index is 367. The number of esters is 1. The normalized spacial score (nSPS) is 14.5. The van der Waals surface area contributed by atoms with Crippen molar-refractivity contribution in [2.24, 2.45) is 0 Å². The summed E-state index contributed by atoms with van der Waals surface area (Å²) >= 11 is 0. The van der Waals surface area contributed by atoms with Crippen LogP contribution < -0.4 is 0 Å². The van der Waals surface area contributed by atoms with E-state index in [9.17, 15) is 4.79 Å². The molecule has 0 aliphatic rings. The molecule has 2 unspecified atom stereocenters. The number of unbranched alkanes of at least 4 members (excludes halogenated alkanes) is 9. The van der Waals surface area contributed by atoms with Crippen molar-refractivity contribution in [1.29, 1.82) is 0 Å². The number of hydrogen-bond acceptors (Lipinski definition) is 2. The topological polar surface area (TPSA) is 26.3 Å². The minimum absolute atomic E-state index is 0.123. The molecule has 0 amide bonds. The number of carbonyl (C=O) groups excluding carboxylic acids is 1. The number of hydrogen-bond donors (Lipinski definition) is 0. The van der Waals surface area contributed by atoms with Crippen molar-refractivity contribution in [2.45, 2.75) is 90.7 Å². The lowest BCUT2D eigenvalue weighted by Gasteiger charge is -2.39. The van der Waals surface area contributed by atoms with E-state index in [1.54, 1.807) is 0 Å². The highest BCUT2D eigenvalue weighted by Gasteiger charge is 2.32. The highest BCUT2D eigenvalue weighted by atomic mass is 16.6. The molecule has 0 heterocycles. The first-order valence-corrected chi connectivity index (χ1v) is 10.3. The van der Waals surface area contributed by atoms with E-state index in [1.165, 1.54) is 70.3 Å². The van der Waals surface area contributed by atoms with E-state index in [0.717, 1.165) is 24.0 Å². The summed E-state index contributed by atoms with van der Waals surface area (Å²) in [6.07, 6.45) is 17.2. The third kappa shape index (κ3) is 11.2. The Labute approximate surface area is 156 Å². The zero-order valence-corrected chi connectivity index (χ0v) is 17.1. The van der Waals surface area contributed by atoms with Gasteiger partial charge in [0.05, 0.1) is 20.1 Å². The fourth-order valence-electron chi connectivity index (χ4n) is 3.44. The van der Waals surface area contributed by atoms with Gasteiger partial charge in [-0.2, -0.15) is 0 Å². The molecule has 2 atom stereocenters. The summed E-state index contributed by atoms with van der Waals surface area (Å²) in [7, 11) is 2.17. The summed E-state index contributed by atoms with van der Waals surface area (Å²) in [5.74, 6) is -0.330. The zero-order chi connectivity index (χ0) is 19.0. The van der Waals surface area contributed by atoms with E-state index in [2.05, 4.69) is 34.1 Å². The van der Waals surface area contributed by atoms with Gasteiger partial charge in [-0.25, -0.2) is 4.79 Å². The number of likely N-dealkylation sites (N-methyl/N-ethyl adjacent to an activating group) is 1. The van der Waals surface area contributed by atoms with Crippen molar-refractivity contribution in [3.63, 3.8) is 0 Å². The second-order valence-electron chi connectivity index (χ2n) is 7.36. The SMILES string of the molecule is C=CC[N+](C)(CCCCCCCCCCCC)C(CC)OC(=O)C=C. The Balaban J connectivity index is 4.10. The van der Waals surface area contributed by atoms with Gasteiger partial charge < -0.3 is 4.74 Å². The molecule has 0 bridgehead atoms. The van der Waals surface area contributed by atoms with Crippen LogP contribution in [0.2, 0.25) is 0 Å². The maximum Gasteiger partial charge on any atom is 0.334 e. The van der Waals surface area contributed by atoms with Crippen molar-refractivity contribution in [1.82, 2.24) is 0 Å². The highest BCUT2D eigenvalue weighted by Crippen LogP contribution is 2.19. The molecule has 3 nitrogen and oxygen atoms in total. The third-order valence-corrected chi connectivity index (χ3v) is 5.03. The van der Waals surface area contributed by atoms with Gasteiger partial charge in [0.25, 0.3) is 0 Å². The quantitative estimate of drug-likeness (QED) is 0.0800. The van der Waals surface area contributed by atoms with Crippen LogP contribution in [0.1, 0.15) is 84.5 Å². The van der Waals surface area contributed by atoms with Crippen LogP contribution in [-0.4, -0.2) is 36.8 Å². The van der Waals surface area contributed by atoms with E-state index < -0.39 is 0 Å². The molecule has 25 heavy (non-hydrogen) atoms. The molecule has 0 fully saturated rings. The van der Waals surface area contributed by atoms with E-state index >= 15 is 0 Å². The number of ether oxygens (including phenoxy) is 1. The minimum Gasteiger partial charge on any atom is -0.409 e. The molecule has 0 aliphatic heterocycles. The number of carbonyl (C=O) groups is 1. The second kappa shape index (κ2) is 15.2. The Hall–Kier alpha value is -1.09. The zero-order valence-electron chi connectivity index (χ0n) is 17.1. The van der Waals surface area contributed by atoms with Crippen molar-refractivity contribution in [3.05, 3.63) is 25.3 Å². The summed E-state index contributed by atoms with van der Waals surface area (Å²) in [6, 6.07) is 0. The predicted octanol–water partition coefficient (Wildman–Crippen LogP) is 6.01. The van der Waals surface area contributed by atoms with Gasteiger partial charge in [-0.1, -0.05) is 78.4 Å². The standard InChI is InChI=1S/C22H42NO2/c1-6-10-11-12-13-14-15-16-17-18-20-23(5,19-7-2)21(8-3)25-22(24)9-4/h7,9,21H,2,4,6,8,10-20H2,1,3,5H3/q+1. The van der Waals surface area contributed by atoms with Gasteiger partial charge in [-0.05, 0) is 18.9 Å². The molecule has 0 radical (unpaired) electrons. The van der Waals surface area contributed by atoms with Crippen LogP contribution >= 0.6 is 0 Å². The molecule has 0 saturated heterocycles. The Morgan fingerprint density at radius 3 is 1.92 bits per heavy atom. The monoisotopic (exact) mass is 352 g/mol. The molecule has 146 valence electrons. The molecule has 0 aliphatic carbocycles. The summed E-state index contributed by atoms with van der Waals surface area (Å²) in [5.41, 5.74) is 0. The van der Waals surface area contributed by atoms with Crippen LogP contribution in [0.25, 0.3) is 0 Å². The van der Waals surface area contributed by atoms with Crippen molar-refractivity contribution in [2.75, 3.05) is 20.1 Å². The lowest BCUT2D eigenvalue weighted by molar-refractivity contribution is -0.947. The molecule has 3 heteroatoms. The summed E-state index contributed by atoms with van der Waals surface area (Å²) in [4.78, 5) is 11.6. The highest BCUT2D eigenvalue weighted by molar-refractivity contribution is 5.81. The summed E-state index contributed by atoms with van der Waals surface area (Å²) < 4.78 is 6.30. The van der Waals surface area contributed by atoms with E-state index in [0.29, 0.717) is 0 Å². The fourth-order valence-corrected chi connectivity index (χ4v) is 3.44. The number of nitrogens with zero attached hydrogens (tertiary/aromatic N) is 1. The Morgan fingerprint density at radius 2 is 1.48 bits per heavy atom. The maximum absolute atomic E-state index is 11.6. The van der Waals surface area contributed by atoms with Gasteiger partial charge in [0.2, 0.25) is 6.23 Å². The molecular formula is C22H42NO2+. The van der Waals surface area contributed by atoms with Crippen molar-refractivity contribution in [3.8, 4) is 0 Å². The van der Waals surface area contributed by atoms with Crippen LogP contribution in [0, 0.1) is 0 Å². The molecular weight excluding hydrogens is 310 g/mol. The largest absolute Gasteiger partial charge is 0.409 e. The lowest BCUT2D eigenvalue weighted by Crippen LogP contribution is -2.54. The molecule has 0 N–H and O–H groups in total. The van der Waals surface area contributed by atoms with Crippen LogP contribution in [-0.2, 0) is 9.53 Å². The summed E-state index contributed by atoms with van der Waals surface area (Å²) in [6.45, 7) is 13.6. The maximum atomic E-state index is 11.6. The van der Waals surface area contributed by atoms with Gasteiger partial charge in [-0.15, -0.1) is 0 Å². The van der Waals surface area contributed by atoms with Crippen molar-refractivity contribution < 1.29 is 14.0 Å². The molecule has 0 spiro atoms. The molecule has 0 aromatic carbocycles.